The van der Waals surface area contributed by atoms with Crippen LogP contribution in [0.25, 0.3) is 0 Å². The van der Waals surface area contributed by atoms with Gasteiger partial charge >= 0.3 is 11.9 Å². The van der Waals surface area contributed by atoms with E-state index in [-0.39, 0.29) is 18.5 Å². The molecule has 1 N–H and O–H groups in total. The van der Waals surface area contributed by atoms with Gasteiger partial charge in [0.25, 0.3) is 0 Å². The van der Waals surface area contributed by atoms with Crippen molar-refractivity contribution < 1.29 is 24.2 Å². The number of rotatable bonds is 42. The van der Waals surface area contributed by atoms with Gasteiger partial charge in [-0.2, -0.15) is 0 Å². The molecule has 0 amide bonds. The molecule has 0 rings (SSSR count). The van der Waals surface area contributed by atoms with E-state index in [1.54, 1.807) is 0 Å². The third-order valence-electron chi connectivity index (χ3n) is 10.9. The van der Waals surface area contributed by atoms with Crippen LogP contribution in [0.2, 0.25) is 0 Å². The minimum atomic E-state index is -0.0398. The summed E-state index contributed by atoms with van der Waals surface area (Å²) in [6.45, 7) is 13.3. The van der Waals surface area contributed by atoms with Crippen LogP contribution in [0.4, 0.5) is 0 Å². The molecule has 2 unspecified atom stereocenters. The fourth-order valence-electron chi connectivity index (χ4n) is 7.33. The molecule has 0 aliphatic carbocycles. The van der Waals surface area contributed by atoms with E-state index in [4.69, 9.17) is 9.47 Å². The molecule has 6 heteroatoms. The highest BCUT2D eigenvalue weighted by atomic mass is 16.5. The molecule has 0 saturated carbocycles. The van der Waals surface area contributed by atoms with Crippen molar-refractivity contribution in [1.29, 1.82) is 0 Å². The second-order valence-electron chi connectivity index (χ2n) is 16.1. The summed E-state index contributed by atoms with van der Waals surface area (Å²) >= 11 is 0. The van der Waals surface area contributed by atoms with Gasteiger partial charge in [-0.1, -0.05) is 156 Å². The largest absolute Gasteiger partial charge is 0.465 e. The maximum Gasteiger partial charge on any atom is 0.305 e. The van der Waals surface area contributed by atoms with E-state index in [0.29, 0.717) is 37.9 Å². The van der Waals surface area contributed by atoms with Crippen LogP contribution in [0.5, 0.6) is 0 Å². The molecule has 0 spiro atoms. The molecular weight excluding hydrogens is 647 g/mol. The van der Waals surface area contributed by atoms with E-state index in [9.17, 15) is 14.7 Å². The highest BCUT2D eigenvalue weighted by molar-refractivity contribution is 5.69. The van der Waals surface area contributed by atoms with Crippen molar-refractivity contribution in [1.82, 2.24) is 4.90 Å². The highest BCUT2D eigenvalue weighted by Gasteiger charge is 2.15. The van der Waals surface area contributed by atoms with E-state index >= 15 is 0 Å². The predicted molar refractivity (Wildman–Crippen MR) is 223 cm³/mol. The zero-order chi connectivity index (χ0) is 38.2. The lowest BCUT2D eigenvalue weighted by Gasteiger charge is -2.22. The van der Waals surface area contributed by atoms with Gasteiger partial charge in [-0.05, 0) is 95.7 Å². The number of ether oxygens (including phenoxy) is 2. The zero-order valence-electron chi connectivity index (χ0n) is 35.6. The molecule has 0 heterocycles. The van der Waals surface area contributed by atoms with Gasteiger partial charge < -0.3 is 19.5 Å². The Bertz CT molecular complexity index is 690. The van der Waals surface area contributed by atoms with Crippen LogP contribution in [-0.2, 0) is 19.1 Å². The number of aliphatic hydroxyl groups excluding tert-OH is 1. The summed E-state index contributed by atoms with van der Waals surface area (Å²) in [6.07, 6.45) is 37.0. The minimum absolute atomic E-state index is 0.0398. The van der Waals surface area contributed by atoms with Crippen LogP contribution in [0.3, 0.4) is 0 Å². The Hall–Kier alpha value is -1.14. The summed E-state index contributed by atoms with van der Waals surface area (Å²) in [5, 5.41) is 9.31. The first kappa shape index (κ1) is 50.9. The lowest BCUT2D eigenvalue weighted by molar-refractivity contribution is -0.146. The molecule has 0 aliphatic rings. The third-order valence-corrected chi connectivity index (χ3v) is 10.9. The molecule has 0 fully saturated rings. The summed E-state index contributed by atoms with van der Waals surface area (Å²) in [6, 6.07) is 0. The first-order chi connectivity index (χ1) is 25.5. The van der Waals surface area contributed by atoms with Gasteiger partial charge in [-0.3, -0.25) is 9.59 Å². The molecule has 52 heavy (non-hydrogen) atoms. The maximum atomic E-state index is 12.7. The van der Waals surface area contributed by atoms with Gasteiger partial charge in [-0.15, -0.1) is 0 Å². The molecule has 0 bridgehead atoms. The summed E-state index contributed by atoms with van der Waals surface area (Å²) < 4.78 is 11.6. The topological polar surface area (TPSA) is 76.1 Å². The van der Waals surface area contributed by atoms with E-state index < -0.39 is 0 Å². The van der Waals surface area contributed by atoms with Crippen LogP contribution < -0.4 is 0 Å². The Morgan fingerprint density at radius 1 is 0.423 bits per heavy atom. The smallest absolute Gasteiger partial charge is 0.305 e. The molecule has 310 valence electrons. The molecule has 2 atom stereocenters. The second kappa shape index (κ2) is 41.0. The molecule has 0 aromatic heterocycles. The summed E-state index contributed by atoms with van der Waals surface area (Å²) in [7, 11) is 0. The van der Waals surface area contributed by atoms with Crippen molar-refractivity contribution >= 4 is 11.9 Å². The predicted octanol–water partition coefficient (Wildman–Crippen LogP) is 13.2. The summed E-state index contributed by atoms with van der Waals surface area (Å²) in [4.78, 5) is 27.8. The standard InChI is InChI=1S/C46H91NO5/c1-5-9-13-17-19-23-33-43(31-21-15-11-7-3)41-51-45(49)35-25-27-37-47(39-29-30-40-48)38-28-26-36-46(50)52-42-44(32-22-16-12-8-4)34-24-20-18-14-10-6-2/h43-44,48H,5-42H2,1-4H3. The Labute approximate surface area is 324 Å². The number of aliphatic hydroxyl groups is 1. The molecular formula is C46H91NO5. The minimum Gasteiger partial charge on any atom is -0.465 e. The number of esters is 2. The molecule has 0 aliphatic heterocycles. The maximum absolute atomic E-state index is 12.7. The Morgan fingerprint density at radius 3 is 1.08 bits per heavy atom. The number of carbonyl (C=O) groups excluding carboxylic acids is 2. The van der Waals surface area contributed by atoms with Crippen LogP contribution in [-0.4, -0.2) is 61.4 Å². The van der Waals surface area contributed by atoms with Crippen molar-refractivity contribution in [2.24, 2.45) is 11.8 Å². The van der Waals surface area contributed by atoms with Crippen LogP contribution in [0, 0.1) is 11.8 Å². The van der Waals surface area contributed by atoms with Gasteiger partial charge in [0.05, 0.1) is 13.2 Å². The van der Waals surface area contributed by atoms with Crippen molar-refractivity contribution in [3.05, 3.63) is 0 Å². The summed E-state index contributed by atoms with van der Waals surface area (Å²) in [5.74, 6) is 0.936. The van der Waals surface area contributed by atoms with Gasteiger partial charge in [0, 0.05) is 19.4 Å². The number of unbranched alkanes of at least 4 members (excludes halogenated alkanes) is 19. The van der Waals surface area contributed by atoms with Gasteiger partial charge in [0.15, 0.2) is 0 Å². The van der Waals surface area contributed by atoms with Gasteiger partial charge in [-0.25, -0.2) is 0 Å². The zero-order valence-corrected chi connectivity index (χ0v) is 35.6. The number of nitrogens with zero attached hydrogens (tertiary/aromatic N) is 1. The molecule has 6 nitrogen and oxygen atoms in total. The van der Waals surface area contributed by atoms with E-state index in [1.807, 2.05) is 0 Å². The van der Waals surface area contributed by atoms with Crippen molar-refractivity contribution in [2.45, 2.75) is 233 Å². The summed E-state index contributed by atoms with van der Waals surface area (Å²) in [5.41, 5.74) is 0. The van der Waals surface area contributed by atoms with Crippen LogP contribution in [0.1, 0.15) is 233 Å². The lowest BCUT2D eigenvalue weighted by atomic mass is 9.95. The lowest BCUT2D eigenvalue weighted by Crippen LogP contribution is -2.28. The number of hydrogen-bond donors (Lipinski definition) is 1. The first-order valence-corrected chi connectivity index (χ1v) is 23.1. The fourth-order valence-corrected chi connectivity index (χ4v) is 7.33. The monoisotopic (exact) mass is 738 g/mol. The van der Waals surface area contributed by atoms with Crippen molar-refractivity contribution in [3.63, 3.8) is 0 Å². The van der Waals surface area contributed by atoms with Crippen LogP contribution >= 0.6 is 0 Å². The van der Waals surface area contributed by atoms with Crippen molar-refractivity contribution in [2.75, 3.05) is 39.5 Å². The molecule has 0 aromatic rings. The Morgan fingerprint density at radius 2 is 0.731 bits per heavy atom. The quantitative estimate of drug-likeness (QED) is 0.0496. The first-order valence-electron chi connectivity index (χ1n) is 23.1. The Balaban J connectivity index is 4.49. The van der Waals surface area contributed by atoms with E-state index in [2.05, 4.69) is 32.6 Å². The van der Waals surface area contributed by atoms with Crippen LogP contribution in [0.15, 0.2) is 0 Å². The van der Waals surface area contributed by atoms with Crippen molar-refractivity contribution in [3.8, 4) is 0 Å². The Kier molecular flexibility index (Phi) is 40.1. The SMILES string of the molecule is CCCCCCCCC(CCCCCC)COC(=O)CCCCN(CCCCO)CCCCC(=O)OCC(CCCCCC)CCCCCCCC. The van der Waals surface area contributed by atoms with E-state index in [0.717, 1.165) is 58.2 Å². The number of carbonyl (C=O) groups is 2. The second-order valence-corrected chi connectivity index (χ2v) is 16.1. The van der Waals surface area contributed by atoms with Gasteiger partial charge in [0.2, 0.25) is 0 Å². The average molecular weight is 738 g/mol. The third kappa shape index (κ3) is 35.9. The van der Waals surface area contributed by atoms with E-state index in [1.165, 1.54) is 154 Å². The van der Waals surface area contributed by atoms with Gasteiger partial charge in [0.1, 0.15) is 0 Å². The number of hydrogen-bond acceptors (Lipinski definition) is 6. The normalized spacial score (nSPS) is 12.7. The molecule has 0 radical (unpaired) electrons. The molecule has 0 aromatic carbocycles. The average Bonchev–Trinajstić information content (AvgIpc) is 3.15. The fraction of sp³-hybridized carbons (Fsp3) is 0.957. The highest BCUT2D eigenvalue weighted by Crippen LogP contribution is 2.21. The molecule has 0 saturated heterocycles.